The highest BCUT2D eigenvalue weighted by Crippen LogP contribution is 2.25. The molecule has 148 valence electrons. The molecule has 0 bridgehead atoms. The Hall–Kier alpha value is -2.97. The van der Waals surface area contributed by atoms with Crippen molar-refractivity contribution in [1.82, 2.24) is 24.9 Å². The molecule has 0 saturated carbocycles. The van der Waals surface area contributed by atoms with Crippen LogP contribution in [-0.2, 0) is 9.59 Å². The Bertz CT molecular complexity index is 805. The number of aromatic nitrogens is 4. The molecule has 2 aliphatic rings. The molecular weight excluding hydrogens is 358 g/mol. The average Bonchev–Trinajstić information content (AvgIpc) is 3.28. The Morgan fingerprint density at radius 3 is 2.14 bits per heavy atom. The van der Waals surface area contributed by atoms with Crippen LogP contribution >= 0.6 is 0 Å². The van der Waals surface area contributed by atoms with E-state index >= 15 is 0 Å². The third-order valence-electron chi connectivity index (χ3n) is 5.75. The fourth-order valence-electron chi connectivity index (χ4n) is 4.01. The maximum absolute atomic E-state index is 12.8. The van der Waals surface area contributed by atoms with E-state index < -0.39 is 0 Å². The summed E-state index contributed by atoms with van der Waals surface area (Å²) in [6, 6.07) is 5.68. The van der Waals surface area contributed by atoms with Crippen LogP contribution in [0, 0.1) is 11.8 Å². The lowest BCUT2D eigenvalue weighted by Crippen LogP contribution is -2.47. The zero-order chi connectivity index (χ0) is 19.5. The summed E-state index contributed by atoms with van der Waals surface area (Å²) in [5.74, 6) is 1.41. The molecule has 2 aliphatic heterocycles. The molecule has 2 aromatic heterocycles. The third-order valence-corrected chi connectivity index (χ3v) is 5.75. The number of likely N-dealkylation sites (tertiary alicyclic amines) is 1. The van der Waals surface area contributed by atoms with Gasteiger partial charge >= 0.3 is 0 Å². The van der Waals surface area contributed by atoms with Gasteiger partial charge in [-0.25, -0.2) is 4.68 Å². The molecule has 0 radical (unpaired) electrons. The number of anilines is 1. The van der Waals surface area contributed by atoms with E-state index in [4.69, 9.17) is 5.73 Å². The number of hydrogen-bond donors (Lipinski definition) is 1. The SMILES string of the molecule is NC(=O)C1CCN(C(=O)C2CCN(c3ccc(-n4cccn4)nn3)CC2)CC1. The van der Waals surface area contributed by atoms with E-state index in [2.05, 4.69) is 20.2 Å². The second-order valence-corrected chi connectivity index (χ2v) is 7.46. The van der Waals surface area contributed by atoms with Crippen LogP contribution < -0.4 is 10.6 Å². The Morgan fingerprint density at radius 2 is 1.57 bits per heavy atom. The van der Waals surface area contributed by atoms with Crippen LogP contribution in [0.3, 0.4) is 0 Å². The molecule has 0 aliphatic carbocycles. The minimum atomic E-state index is -0.250. The van der Waals surface area contributed by atoms with Gasteiger partial charge in [0.15, 0.2) is 11.6 Å². The van der Waals surface area contributed by atoms with Crippen molar-refractivity contribution in [3.05, 3.63) is 30.6 Å². The molecular formula is C19H25N7O2. The number of nitrogens with two attached hydrogens (primary N) is 1. The van der Waals surface area contributed by atoms with Crippen molar-refractivity contribution in [2.45, 2.75) is 25.7 Å². The van der Waals surface area contributed by atoms with Crippen molar-refractivity contribution >= 4 is 17.6 Å². The van der Waals surface area contributed by atoms with Gasteiger partial charge < -0.3 is 15.5 Å². The lowest BCUT2D eigenvalue weighted by molar-refractivity contribution is -0.139. The van der Waals surface area contributed by atoms with Gasteiger partial charge in [0.1, 0.15) is 0 Å². The van der Waals surface area contributed by atoms with Crippen LogP contribution in [0.1, 0.15) is 25.7 Å². The van der Waals surface area contributed by atoms with Crippen LogP contribution in [0.15, 0.2) is 30.6 Å². The summed E-state index contributed by atoms with van der Waals surface area (Å²) in [5, 5.41) is 12.7. The summed E-state index contributed by atoms with van der Waals surface area (Å²) in [5.41, 5.74) is 5.38. The largest absolute Gasteiger partial charge is 0.369 e. The van der Waals surface area contributed by atoms with Gasteiger partial charge in [0.2, 0.25) is 11.8 Å². The molecule has 0 aromatic carbocycles. The topological polar surface area (TPSA) is 110 Å². The van der Waals surface area contributed by atoms with Crippen LogP contribution in [0.4, 0.5) is 5.82 Å². The standard InChI is InChI=1S/C19H25N7O2/c20-18(27)14-4-12-25(13-5-14)19(28)15-6-10-24(11-7-15)16-2-3-17(23-22-16)26-9-1-8-21-26/h1-3,8-9,14-15H,4-7,10-13H2,(H2,20,27). The normalized spacial score (nSPS) is 19.0. The second kappa shape index (κ2) is 7.95. The van der Waals surface area contributed by atoms with E-state index in [-0.39, 0.29) is 23.7 Å². The van der Waals surface area contributed by atoms with Crippen LogP contribution in [-0.4, -0.2) is 62.9 Å². The summed E-state index contributed by atoms with van der Waals surface area (Å²) in [7, 11) is 0. The average molecular weight is 383 g/mol. The zero-order valence-corrected chi connectivity index (χ0v) is 15.8. The highest BCUT2D eigenvalue weighted by molar-refractivity contribution is 5.80. The summed E-state index contributed by atoms with van der Waals surface area (Å²) in [4.78, 5) is 28.2. The summed E-state index contributed by atoms with van der Waals surface area (Å²) < 4.78 is 1.67. The number of amides is 2. The molecule has 2 amide bonds. The number of piperidine rings is 2. The third kappa shape index (κ3) is 3.83. The summed E-state index contributed by atoms with van der Waals surface area (Å²) >= 11 is 0. The predicted molar refractivity (Wildman–Crippen MR) is 103 cm³/mol. The van der Waals surface area contributed by atoms with Crippen molar-refractivity contribution in [1.29, 1.82) is 0 Å². The van der Waals surface area contributed by atoms with Gasteiger partial charge in [-0.1, -0.05) is 0 Å². The number of primary amides is 1. The Morgan fingerprint density at radius 1 is 0.929 bits per heavy atom. The van der Waals surface area contributed by atoms with Crippen molar-refractivity contribution < 1.29 is 9.59 Å². The monoisotopic (exact) mass is 383 g/mol. The van der Waals surface area contributed by atoms with E-state index in [1.807, 2.05) is 29.3 Å². The second-order valence-electron chi connectivity index (χ2n) is 7.46. The highest BCUT2D eigenvalue weighted by Gasteiger charge is 2.32. The molecule has 4 heterocycles. The molecule has 2 fully saturated rings. The van der Waals surface area contributed by atoms with E-state index in [0.717, 1.165) is 31.7 Å². The predicted octanol–water partition coefficient (Wildman–Crippen LogP) is 0.603. The highest BCUT2D eigenvalue weighted by atomic mass is 16.2. The van der Waals surface area contributed by atoms with Crippen LogP contribution in [0.25, 0.3) is 5.82 Å². The lowest BCUT2D eigenvalue weighted by Gasteiger charge is -2.37. The molecule has 0 atom stereocenters. The molecule has 2 saturated heterocycles. The fourth-order valence-corrected chi connectivity index (χ4v) is 4.01. The van der Waals surface area contributed by atoms with E-state index in [1.54, 1.807) is 10.9 Å². The van der Waals surface area contributed by atoms with E-state index in [9.17, 15) is 9.59 Å². The van der Waals surface area contributed by atoms with Gasteiger partial charge in [-0.2, -0.15) is 5.10 Å². The Kier molecular flexibility index (Phi) is 5.23. The van der Waals surface area contributed by atoms with Gasteiger partial charge in [-0.05, 0) is 43.9 Å². The summed E-state index contributed by atoms with van der Waals surface area (Å²) in [6.45, 7) is 2.83. The van der Waals surface area contributed by atoms with Crippen LogP contribution in [0.5, 0.6) is 0 Å². The van der Waals surface area contributed by atoms with Gasteiger partial charge in [0, 0.05) is 50.4 Å². The first-order valence-corrected chi connectivity index (χ1v) is 9.78. The molecule has 28 heavy (non-hydrogen) atoms. The van der Waals surface area contributed by atoms with Crippen molar-refractivity contribution in [2.24, 2.45) is 17.6 Å². The van der Waals surface area contributed by atoms with Gasteiger partial charge in [-0.15, -0.1) is 10.2 Å². The number of carbonyl (C=O) groups excluding carboxylic acids is 2. The van der Waals surface area contributed by atoms with Gasteiger partial charge in [0.05, 0.1) is 0 Å². The molecule has 0 spiro atoms. The zero-order valence-electron chi connectivity index (χ0n) is 15.8. The van der Waals surface area contributed by atoms with E-state index in [0.29, 0.717) is 31.7 Å². The number of hydrogen-bond acceptors (Lipinski definition) is 6. The number of rotatable bonds is 4. The minimum absolute atomic E-state index is 0.0395. The maximum atomic E-state index is 12.8. The van der Waals surface area contributed by atoms with Crippen molar-refractivity contribution in [3.63, 3.8) is 0 Å². The lowest BCUT2D eigenvalue weighted by atomic mass is 9.92. The molecule has 9 nitrogen and oxygen atoms in total. The molecule has 9 heteroatoms. The first kappa shape index (κ1) is 18.4. The first-order valence-electron chi connectivity index (χ1n) is 9.78. The fraction of sp³-hybridized carbons (Fsp3) is 0.526. The Balaban J connectivity index is 1.30. The smallest absolute Gasteiger partial charge is 0.225 e. The number of carbonyl (C=O) groups is 2. The first-order chi connectivity index (χ1) is 13.6. The van der Waals surface area contributed by atoms with Crippen molar-refractivity contribution in [3.8, 4) is 5.82 Å². The summed E-state index contributed by atoms with van der Waals surface area (Å²) in [6.07, 6.45) is 6.49. The van der Waals surface area contributed by atoms with Gasteiger partial charge in [-0.3, -0.25) is 9.59 Å². The quantitative estimate of drug-likeness (QED) is 0.828. The van der Waals surface area contributed by atoms with E-state index in [1.165, 1.54) is 0 Å². The minimum Gasteiger partial charge on any atom is -0.369 e. The Labute approximate surface area is 163 Å². The maximum Gasteiger partial charge on any atom is 0.225 e. The molecule has 0 unspecified atom stereocenters. The molecule has 2 aromatic rings. The van der Waals surface area contributed by atoms with Crippen LogP contribution in [0.2, 0.25) is 0 Å². The molecule has 4 rings (SSSR count). The van der Waals surface area contributed by atoms with Gasteiger partial charge in [0.25, 0.3) is 0 Å². The van der Waals surface area contributed by atoms with Crippen molar-refractivity contribution in [2.75, 3.05) is 31.1 Å². The number of nitrogens with zero attached hydrogens (tertiary/aromatic N) is 6. The molecule has 2 N–H and O–H groups in total.